The first-order valence-electron chi connectivity index (χ1n) is 10.0. The molecule has 0 radical (unpaired) electrons. The van der Waals surface area contributed by atoms with Gasteiger partial charge in [0.05, 0.1) is 33.8 Å². The number of hydrogen-bond donors (Lipinski definition) is 1. The lowest BCUT2D eigenvalue weighted by Crippen LogP contribution is -2.09. The van der Waals surface area contributed by atoms with Crippen LogP contribution in [0.5, 0.6) is 0 Å². The highest BCUT2D eigenvalue weighted by atomic mass is 16.4. The number of aldehydes is 4. The van der Waals surface area contributed by atoms with Gasteiger partial charge in [0, 0.05) is 35.3 Å². The first-order chi connectivity index (χ1) is 17.0. The molecule has 4 rings (SSSR count). The molecule has 10 heteroatoms. The van der Waals surface area contributed by atoms with Crippen LogP contribution in [0.25, 0.3) is 33.9 Å². The second kappa shape index (κ2) is 9.71. The minimum absolute atomic E-state index is 0.0489. The van der Waals surface area contributed by atoms with Crippen molar-refractivity contribution in [1.82, 2.24) is 19.9 Å². The van der Waals surface area contributed by atoms with E-state index in [0.29, 0.717) is 24.4 Å². The van der Waals surface area contributed by atoms with Gasteiger partial charge < -0.3 is 5.11 Å². The zero-order chi connectivity index (χ0) is 24.9. The number of carboxylic acid groups (broad SMARTS) is 1. The van der Waals surface area contributed by atoms with Gasteiger partial charge in [-0.2, -0.15) is 0 Å². The number of carbonyl (C=O) groups excluding carboxylic acids is 4. The normalized spacial score (nSPS) is 10.4. The number of carboxylic acids is 1. The van der Waals surface area contributed by atoms with Crippen LogP contribution >= 0.6 is 0 Å². The highest BCUT2D eigenvalue weighted by Crippen LogP contribution is 2.37. The fourth-order valence-corrected chi connectivity index (χ4v) is 3.68. The van der Waals surface area contributed by atoms with Crippen molar-refractivity contribution in [3.05, 3.63) is 82.9 Å². The Kier molecular flexibility index (Phi) is 6.36. The van der Waals surface area contributed by atoms with Crippen LogP contribution in [0.3, 0.4) is 0 Å². The van der Waals surface area contributed by atoms with Crippen molar-refractivity contribution in [1.29, 1.82) is 0 Å². The van der Waals surface area contributed by atoms with Gasteiger partial charge >= 0.3 is 5.97 Å². The number of carbonyl (C=O) groups is 5. The van der Waals surface area contributed by atoms with E-state index >= 15 is 0 Å². The molecule has 0 aliphatic carbocycles. The van der Waals surface area contributed by atoms with Crippen molar-refractivity contribution >= 4 is 31.1 Å². The minimum Gasteiger partial charge on any atom is -0.478 e. The van der Waals surface area contributed by atoms with Crippen molar-refractivity contribution < 1.29 is 29.1 Å². The molecule has 0 fully saturated rings. The van der Waals surface area contributed by atoms with Gasteiger partial charge in [0.15, 0.2) is 25.1 Å². The van der Waals surface area contributed by atoms with Crippen LogP contribution in [0.4, 0.5) is 0 Å². The first-order valence-corrected chi connectivity index (χ1v) is 10.0. The van der Waals surface area contributed by atoms with Gasteiger partial charge in [-0.15, -0.1) is 0 Å². The summed E-state index contributed by atoms with van der Waals surface area (Å²) in [5, 5.41) is 9.63. The summed E-state index contributed by atoms with van der Waals surface area (Å²) in [7, 11) is 0. The van der Waals surface area contributed by atoms with Crippen LogP contribution in [-0.4, -0.2) is 56.2 Å². The maximum Gasteiger partial charge on any atom is 0.337 e. The molecule has 0 unspecified atom stereocenters. The van der Waals surface area contributed by atoms with Crippen molar-refractivity contribution in [3.63, 3.8) is 0 Å². The highest BCUT2D eigenvalue weighted by molar-refractivity contribution is 6.07. The molecule has 4 aromatic heterocycles. The van der Waals surface area contributed by atoms with E-state index in [9.17, 15) is 29.1 Å². The lowest BCUT2D eigenvalue weighted by molar-refractivity contribution is 0.0696. The Balaban J connectivity index is 2.06. The second-order valence-corrected chi connectivity index (χ2v) is 7.06. The summed E-state index contributed by atoms with van der Waals surface area (Å²) in [4.78, 5) is 75.8. The summed E-state index contributed by atoms with van der Waals surface area (Å²) in [5.41, 5.74) is -0.0788. The number of nitrogens with zero attached hydrogens (tertiary/aromatic N) is 4. The zero-order valence-electron chi connectivity index (χ0n) is 17.8. The van der Waals surface area contributed by atoms with E-state index in [-0.39, 0.29) is 62.6 Å². The van der Waals surface area contributed by atoms with Crippen molar-refractivity contribution in [2.75, 3.05) is 0 Å². The Hall–Kier alpha value is -5.25. The van der Waals surface area contributed by atoms with E-state index in [0.717, 1.165) is 0 Å². The number of aromatic carboxylic acids is 1. The zero-order valence-corrected chi connectivity index (χ0v) is 17.8. The summed E-state index contributed by atoms with van der Waals surface area (Å²) >= 11 is 0. The molecule has 0 spiro atoms. The molecule has 0 aliphatic heterocycles. The van der Waals surface area contributed by atoms with E-state index in [1.165, 1.54) is 30.7 Å². The molecular formula is C25H14N4O6. The summed E-state index contributed by atoms with van der Waals surface area (Å²) in [6, 6.07) is 9.24. The van der Waals surface area contributed by atoms with Crippen LogP contribution < -0.4 is 0 Å². The predicted molar refractivity (Wildman–Crippen MR) is 122 cm³/mol. The molecule has 1 N–H and O–H groups in total. The van der Waals surface area contributed by atoms with Gasteiger partial charge in [-0.3, -0.25) is 34.1 Å². The second-order valence-electron chi connectivity index (χ2n) is 7.06. The van der Waals surface area contributed by atoms with E-state index in [2.05, 4.69) is 19.9 Å². The molecule has 0 amide bonds. The topological polar surface area (TPSA) is 157 Å². The van der Waals surface area contributed by atoms with Crippen LogP contribution in [-0.2, 0) is 0 Å². The van der Waals surface area contributed by atoms with Gasteiger partial charge in [-0.05, 0) is 36.4 Å². The summed E-state index contributed by atoms with van der Waals surface area (Å²) in [6.45, 7) is 0. The minimum atomic E-state index is -1.20. The molecule has 35 heavy (non-hydrogen) atoms. The SMILES string of the molecule is O=Cc1nc(-c2cccnc2-c2cccnc2-c2ncccc2C(=O)O)c(C=O)c(C=O)c1C=O. The van der Waals surface area contributed by atoms with E-state index in [1.54, 1.807) is 24.3 Å². The van der Waals surface area contributed by atoms with Gasteiger partial charge in [0.2, 0.25) is 0 Å². The monoisotopic (exact) mass is 466 g/mol. The molecule has 0 saturated carbocycles. The third kappa shape index (κ3) is 4.00. The maximum absolute atomic E-state index is 12.0. The number of pyridine rings is 4. The van der Waals surface area contributed by atoms with Crippen LogP contribution in [0, 0.1) is 0 Å². The van der Waals surface area contributed by atoms with E-state index in [1.807, 2.05) is 0 Å². The van der Waals surface area contributed by atoms with Gasteiger partial charge in [0.1, 0.15) is 11.4 Å². The Morgan fingerprint density at radius 2 is 1.17 bits per heavy atom. The lowest BCUT2D eigenvalue weighted by Gasteiger charge is -2.15. The molecule has 0 saturated heterocycles. The molecule has 10 nitrogen and oxygen atoms in total. The molecule has 4 heterocycles. The van der Waals surface area contributed by atoms with Crippen molar-refractivity contribution in [3.8, 4) is 33.9 Å². The molecular weight excluding hydrogens is 452 g/mol. The Labute approximate surface area is 197 Å². The van der Waals surface area contributed by atoms with Gasteiger partial charge in [0.25, 0.3) is 0 Å². The van der Waals surface area contributed by atoms with Crippen LogP contribution in [0.1, 0.15) is 51.9 Å². The number of rotatable bonds is 8. The number of aromatic nitrogens is 4. The third-order valence-corrected chi connectivity index (χ3v) is 5.20. The summed E-state index contributed by atoms with van der Waals surface area (Å²) < 4.78 is 0. The van der Waals surface area contributed by atoms with E-state index < -0.39 is 5.97 Å². The fourth-order valence-electron chi connectivity index (χ4n) is 3.68. The molecule has 170 valence electrons. The first kappa shape index (κ1) is 22.9. The third-order valence-electron chi connectivity index (χ3n) is 5.20. The smallest absolute Gasteiger partial charge is 0.337 e. The van der Waals surface area contributed by atoms with Gasteiger partial charge in [-0.25, -0.2) is 9.78 Å². The van der Waals surface area contributed by atoms with Crippen LogP contribution in [0.15, 0.2) is 55.0 Å². The molecule has 0 aromatic carbocycles. The Morgan fingerprint density at radius 1 is 0.629 bits per heavy atom. The Bertz CT molecular complexity index is 1520. The summed E-state index contributed by atoms with van der Waals surface area (Å²) in [6.07, 6.45) is 5.64. The molecule has 0 bridgehead atoms. The standard InChI is InChI=1S/C25H14N4O6/c30-10-17-18(11-31)20(13-33)29-22(19(17)12-32)14-4-1-7-26-21(14)15-5-2-8-27-23(15)24-16(25(34)35)6-3-9-28-24/h1-13H,(H,34,35). The fraction of sp³-hybridized carbons (Fsp3) is 0. The molecule has 0 atom stereocenters. The highest BCUT2D eigenvalue weighted by Gasteiger charge is 2.24. The van der Waals surface area contributed by atoms with Crippen LogP contribution in [0.2, 0.25) is 0 Å². The number of hydrogen-bond acceptors (Lipinski definition) is 9. The van der Waals surface area contributed by atoms with Gasteiger partial charge in [-0.1, -0.05) is 0 Å². The molecule has 0 aliphatic rings. The summed E-state index contributed by atoms with van der Waals surface area (Å²) in [5.74, 6) is -1.20. The average molecular weight is 466 g/mol. The van der Waals surface area contributed by atoms with Crippen molar-refractivity contribution in [2.24, 2.45) is 0 Å². The maximum atomic E-state index is 12.0. The predicted octanol–water partition coefficient (Wildman–Crippen LogP) is 3.22. The van der Waals surface area contributed by atoms with E-state index in [4.69, 9.17) is 0 Å². The largest absolute Gasteiger partial charge is 0.478 e. The Morgan fingerprint density at radius 3 is 1.74 bits per heavy atom. The lowest BCUT2D eigenvalue weighted by atomic mass is 9.93. The quantitative estimate of drug-likeness (QED) is 0.382. The molecule has 4 aromatic rings. The average Bonchev–Trinajstić information content (AvgIpc) is 2.91. The van der Waals surface area contributed by atoms with Crippen molar-refractivity contribution in [2.45, 2.75) is 0 Å².